The molecule has 0 saturated carbocycles. The van der Waals surface area contributed by atoms with E-state index in [1.165, 1.54) is 18.4 Å². The Morgan fingerprint density at radius 1 is 1.41 bits per heavy atom. The van der Waals surface area contributed by atoms with Crippen molar-refractivity contribution in [1.82, 2.24) is 10.2 Å². The molecule has 0 fully saturated rings. The lowest BCUT2D eigenvalue weighted by molar-refractivity contribution is 0.0601. The minimum atomic E-state index is -0.315. The summed E-state index contributed by atoms with van der Waals surface area (Å²) in [5, 5.41) is 8.75. The quantitative estimate of drug-likeness (QED) is 0.835. The molecule has 2 heterocycles. The third kappa shape index (κ3) is 3.17. The maximum absolute atomic E-state index is 11.2. The number of carbonyl (C=O) groups is 1. The van der Waals surface area contributed by atoms with Crippen LogP contribution in [0.25, 0.3) is 10.6 Å². The van der Waals surface area contributed by atoms with E-state index in [2.05, 4.69) is 14.9 Å². The maximum atomic E-state index is 11.2. The number of methoxy groups -OCH3 is 1. The van der Waals surface area contributed by atoms with E-state index >= 15 is 0 Å². The van der Waals surface area contributed by atoms with Crippen molar-refractivity contribution in [1.29, 1.82) is 0 Å². The first-order valence-electron chi connectivity index (χ1n) is 5.40. The number of hydrogen-bond donors (Lipinski definition) is 1. The molecule has 17 heavy (non-hydrogen) atoms. The van der Waals surface area contributed by atoms with Crippen molar-refractivity contribution in [3.05, 3.63) is 28.8 Å². The molecule has 4 nitrogen and oxygen atoms in total. The molecule has 0 radical (unpaired) electrons. The summed E-state index contributed by atoms with van der Waals surface area (Å²) in [7, 11) is 1.37. The van der Waals surface area contributed by atoms with Gasteiger partial charge in [0.2, 0.25) is 0 Å². The second kappa shape index (κ2) is 6.20. The van der Waals surface area contributed by atoms with Crippen molar-refractivity contribution in [3.63, 3.8) is 0 Å². The Hall–Kier alpha value is -1.62. The highest BCUT2D eigenvalue weighted by molar-refractivity contribution is 7.13. The molecule has 5 heteroatoms. The lowest BCUT2D eigenvalue weighted by atomic mass is 10.2. The van der Waals surface area contributed by atoms with Gasteiger partial charge in [-0.25, -0.2) is 4.79 Å². The molecule has 0 amide bonds. The first-order valence-corrected chi connectivity index (χ1v) is 6.28. The third-order valence-corrected chi connectivity index (χ3v) is 2.93. The highest BCUT2D eigenvalue weighted by Crippen LogP contribution is 2.26. The molecule has 0 aromatic carbocycles. The molecule has 2 aromatic rings. The Labute approximate surface area is 105 Å². The topological polar surface area (TPSA) is 55.0 Å². The zero-order valence-electron chi connectivity index (χ0n) is 10.4. The van der Waals surface area contributed by atoms with E-state index < -0.39 is 0 Å². The molecule has 0 aliphatic carbocycles. The van der Waals surface area contributed by atoms with Crippen LogP contribution in [-0.2, 0) is 4.74 Å². The predicted molar refractivity (Wildman–Crippen MR) is 69.3 cm³/mol. The molecular formula is C12H16N2O2S. The minimum Gasteiger partial charge on any atom is -0.465 e. The summed E-state index contributed by atoms with van der Waals surface area (Å²) in [6, 6.07) is 3.72. The van der Waals surface area contributed by atoms with Gasteiger partial charge in [0.1, 0.15) is 5.69 Å². The SMILES string of the molecule is CC.COC(=O)c1csc(-c2cc(C)[nH]n2)c1. The van der Waals surface area contributed by atoms with Crippen LogP contribution in [0.15, 0.2) is 17.5 Å². The number of aromatic nitrogens is 2. The first-order chi connectivity index (χ1) is 8.20. The van der Waals surface area contributed by atoms with Crippen LogP contribution < -0.4 is 0 Å². The van der Waals surface area contributed by atoms with Crippen LogP contribution in [0.2, 0.25) is 0 Å². The van der Waals surface area contributed by atoms with Crippen LogP contribution in [0.4, 0.5) is 0 Å². The fourth-order valence-corrected chi connectivity index (χ4v) is 2.08. The third-order valence-electron chi connectivity index (χ3n) is 1.98. The smallest absolute Gasteiger partial charge is 0.338 e. The Balaban J connectivity index is 0.000000686. The summed E-state index contributed by atoms with van der Waals surface area (Å²) < 4.78 is 4.63. The van der Waals surface area contributed by atoms with E-state index in [1.807, 2.05) is 26.8 Å². The molecule has 0 aliphatic rings. The Kier molecular flexibility index (Phi) is 4.90. The van der Waals surface area contributed by atoms with Gasteiger partial charge in [-0.05, 0) is 19.1 Å². The number of nitrogens with zero attached hydrogens (tertiary/aromatic N) is 1. The number of hydrogen-bond acceptors (Lipinski definition) is 4. The summed E-state index contributed by atoms with van der Waals surface area (Å²) in [6.07, 6.45) is 0. The standard InChI is InChI=1S/C10H10N2O2S.C2H6/c1-6-3-8(12-11-6)9-4-7(5-15-9)10(13)14-2;1-2/h3-5H,1-2H3,(H,11,12);1-2H3. The van der Waals surface area contributed by atoms with Crippen LogP contribution in [0, 0.1) is 6.92 Å². The van der Waals surface area contributed by atoms with E-state index in [0.717, 1.165) is 16.3 Å². The molecule has 92 valence electrons. The number of thiophene rings is 1. The molecule has 0 aliphatic heterocycles. The van der Waals surface area contributed by atoms with Crippen LogP contribution in [-0.4, -0.2) is 23.3 Å². The van der Waals surface area contributed by atoms with Crippen LogP contribution in [0.1, 0.15) is 29.9 Å². The van der Waals surface area contributed by atoms with Crippen molar-refractivity contribution in [2.24, 2.45) is 0 Å². The molecule has 2 rings (SSSR count). The van der Waals surface area contributed by atoms with Gasteiger partial charge < -0.3 is 4.74 Å². The van der Waals surface area contributed by atoms with Gasteiger partial charge >= 0.3 is 5.97 Å². The first kappa shape index (κ1) is 13.4. The summed E-state index contributed by atoms with van der Waals surface area (Å²) in [4.78, 5) is 12.2. The highest BCUT2D eigenvalue weighted by Gasteiger charge is 2.11. The normalized spacial score (nSPS) is 9.41. The van der Waals surface area contributed by atoms with Gasteiger partial charge in [-0.1, -0.05) is 13.8 Å². The number of H-pyrrole nitrogens is 1. The summed E-state index contributed by atoms with van der Waals surface area (Å²) in [6.45, 7) is 5.94. The monoisotopic (exact) mass is 252 g/mol. The van der Waals surface area contributed by atoms with Crippen LogP contribution in [0.5, 0.6) is 0 Å². The molecule has 0 atom stereocenters. The number of carbonyl (C=O) groups excluding carboxylic acids is 1. The van der Waals surface area contributed by atoms with Crippen molar-refractivity contribution in [2.45, 2.75) is 20.8 Å². The zero-order valence-corrected chi connectivity index (χ0v) is 11.2. The van der Waals surface area contributed by atoms with E-state index in [1.54, 1.807) is 11.4 Å². The van der Waals surface area contributed by atoms with Gasteiger partial charge in [-0.2, -0.15) is 5.10 Å². The Bertz CT molecular complexity index is 488. The minimum absolute atomic E-state index is 0.315. The van der Waals surface area contributed by atoms with Crippen LogP contribution >= 0.6 is 11.3 Å². The summed E-state index contributed by atoms with van der Waals surface area (Å²) >= 11 is 1.48. The van der Waals surface area contributed by atoms with Crippen LogP contribution in [0.3, 0.4) is 0 Å². The van der Waals surface area contributed by atoms with Crippen molar-refractivity contribution in [2.75, 3.05) is 7.11 Å². The van der Waals surface area contributed by atoms with Gasteiger partial charge in [0.25, 0.3) is 0 Å². The molecule has 0 bridgehead atoms. The number of esters is 1. The molecule has 0 spiro atoms. The van der Waals surface area contributed by atoms with E-state index in [0.29, 0.717) is 5.56 Å². The van der Waals surface area contributed by atoms with E-state index in [9.17, 15) is 4.79 Å². The van der Waals surface area contributed by atoms with Gasteiger partial charge in [0, 0.05) is 11.1 Å². The lowest BCUT2D eigenvalue weighted by Crippen LogP contribution is -1.97. The maximum Gasteiger partial charge on any atom is 0.338 e. The van der Waals surface area contributed by atoms with Crippen molar-refractivity contribution < 1.29 is 9.53 Å². The number of aryl methyl sites for hydroxylation is 1. The molecule has 0 unspecified atom stereocenters. The number of nitrogens with one attached hydrogen (secondary N) is 1. The molecule has 0 saturated heterocycles. The fraction of sp³-hybridized carbons (Fsp3) is 0.333. The van der Waals surface area contributed by atoms with Gasteiger partial charge in [0.05, 0.1) is 17.6 Å². The zero-order chi connectivity index (χ0) is 12.8. The van der Waals surface area contributed by atoms with Crippen molar-refractivity contribution >= 4 is 17.3 Å². The van der Waals surface area contributed by atoms with E-state index in [4.69, 9.17) is 0 Å². The molecule has 2 aromatic heterocycles. The largest absolute Gasteiger partial charge is 0.465 e. The second-order valence-corrected chi connectivity index (χ2v) is 4.04. The van der Waals surface area contributed by atoms with E-state index in [-0.39, 0.29) is 5.97 Å². The average molecular weight is 252 g/mol. The van der Waals surface area contributed by atoms with Gasteiger partial charge in [0.15, 0.2) is 0 Å². The molecular weight excluding hydrogens is 236 g/mol. The number of rotatable bonds is 2. The Morgan fingerprint density at radius 3 is 2.65 bits per heavy atom. The number of ether oxygens (including phenoxy) is 1. The van der Waals surface area contributed by atoms with Gasteiger partial charge in [-0.3, -0.25) is 5.10 Å². The highest BCUT2D eigenvalue weighted by atomic mass is 32.1. The number of aromatic amines is 1. The lowest BCUT2D eigenvalue weighted by Gasteiger charge is -1.91. The second-order valence-electron chi connectivity index (χ2n) is 3.13. The predicted octanol–water partition coefficient (Wildman–Crippen LogP) is 3.26. The molecule has 1 N–H and O–H groups in total. The van der Waals surface area contributed by atoms with Crippen molar-refractivity contribution in [3.8, 4) is 10.6 Å². The van der Waals surface area contributed by atoms with Gasteiger partial charge in [-0.15, -0.1) is 11.3 Å². The summed E-state index contributed by atoms with van der Waals surface area (Å²) in [5.41, 5.74) is 2.42. The Morgan fingerprint density at radius 2 is 2.12 bits per heavy atom. The fourth-order valence-electron chi connectivity index (χ4n) is 1.24. The average Bonchev–Trinajstić information content (AvgIpc) is 2.99. The summed E-state index contributed by atoms with van der Waals surface area (Å²) in [5.74, 6) is -0.315.